The van der Waals surface area contributed by atoms with Crippen molar-refractivity contribution < 1.29 is 19.2 Å². The first-order chi connectivity index (χ1) is 14.3. The van der Waals surface area contributed by atoms with E-state index in [0.717, 1.165) is 33.7 Å². The number of aryl methyl sites for hydroxylation is 1. The summed E-state index contributed by atoms with van der Waals surface area (Å²) in [5.74, 6) is 0.281. The Kier molecular flexibility index (Phi) is 6.26. The van der Waals surface area contributed by atoms with Crippen LogP contribution in [-0.2, 0) is 11.3 Å². The van der Waals surface area contributed by atoms with E-state index in [9.17, 15) is 14.9 Å². The van der Waals surface area contributed by atoms with Gasteiger partial charge in [0.25, 0.3) is 5.69 Å². The Morgan fingerprint density at radius 3 is 2.33 bits per heavy atom. The van der Waals surface area contributed by atoms with E-state index in [0.29, 0.717) is 16.7 Å². The monoisotopic (exact) mass is 472 g/mol. The van der Waals surface area contributed by atoms with E-state index in [2.05, 4.69) is 15.9 Å². The first-order valence-electron chi connectivity index (χ1n) is 9.13. The highest BCUT2D eigenvalue weighted by atomic mass is 79.9. The molecular formula is C22H21BrN2O5. The molecule has 8 heteroatoms. The van der Waals surface area contributed by atoms with Gasteiger partial charge in [0.05, 0.1) is 23.6 Å². The summed E-state index contributed by atoms with van der Waals surface area (Å²) in [5.41, 5.74) is 4.59. The minimum absolute atomic E-state index is 0.0240. The summed E-state index contributed by atoms with van der Waals surface area (Å²) in [4.78, 5) is 23.3. The number of hydrogen-bond acceptors (Lipinski definition) is 5. The van der Waals surface area contributed by atoms with Gasteiger partial charge in [-0.15, -0.1) is 0 Å². The van der Waals surface area contributed by atoms with Crippen molar-refractivity contribution in [2.24, 2.45) is 0 Å². The van der Waals surface area contributed by atoms with Gasteiger partial charge in [-0.2, -0.15) is 0 Å². The topological polar surface area (TPSA) is 83.6 Å². The molecule has 30 heavy (non-hydrogen) atoms. The van der Waals surface area contributed by atoms with Crippen LogP contribution < -0.4 is 4.74 Å². The van der Waals surface area contributed by atoms with Crippen molar-refractivity contribution in [2.45, 2.75) is 20.4 Å². The molecule has 7 nitrogen and oxygen atoms in total. The molecule has 156 valence electrons. The van der Waals surface area contributed by atoms with Crippen molar-refractivity contribution in [1.29, 1.82) is 0 Å². The Labute approximate surface area is 182 Å². The van der Waals surface area contributed by atoms with E-state index in [1.807, 2.05) is 42.7 Å². The Hall–Kier alpha value is -3.13. The van der Waals surface area contributed by atoms with E-state index in [1.54, 1.807) is 13.2 Å². The average molecular weight is 473 g/mol. The molecule has 0 radical (unpaired) electrons. The first-order valence-corrected chi connectivity index (χ1v) is 9.93. The van der Waals surface area contributed by atoms with Gasteiger partial charge in [-0.05, 0) is 64.7 Å². The molecular weight excluding hydrogens is 452 g/mol. The summed E-state index contributed by atoms with van der Waals surface area (Å²) < 4.78 is 12.7. The Morgan fingerprint density at radius 2 is 1.80 bits per heavy atom. The van der Waals surface area contributed by atoms with Crippen molar-refractivity contribution in [3.8, 4) is 16.9 Å². The third kappa shape index (κ3) is 3.95. The number of benzene rings is 2. The number of esters is 1. The Balaban J connectivity index is 2.16. The van der Waals surface area contributed by atoms with Crippen LogP contribution in [0.3, 0.4) is 0 Å². The second-order valence-corrected chi connectivity index (χ2v) is 7.60. The fourth-order valence-corrected chi connectivity index (χ4v) is 4.34. The molecule has 1 aromatic heterocycles. The van der Waals surface area contributed by atoms with Gasteiger partial charge in [-0.25, -0.2) is 4.79 Å². The third-order valence-corrected chi connectivity index (χ3v) is 5.80. The number of carbonyl (C=O) groups is 1. The summed E-state index contributed by atoms with van der Waals surface area (Å²) >= 11 is 3.57. The van der Waals surface area contributed by atoms with Gasteiger partial charge in [0.15, 0.2) is 0 Å². The van der Waals surface area contributed by atoms with Crippen LogP contribution in [0.1, 0.15) is 27.3 Å². The summed E-state index contributed by atoms with van der Waals surface area (Å²) in [5, 5.41) is 11.1. The van der Waals surface area contributed by atoms with Crippen LogP contribution in [0.2, 0.25) is 0 Å². The van der Waals surface area contributed by atoms with Gasteiger partial charge in [0, 0.05) is 29.9 Å². The Morgan fingerprint density at radius 1 is 1.13 bits per heavy atom. The zero-order chi connectivity index (χ0) is 22.0. The lowest BCUT2D eigenvalue weighted by atomic mass is 10.00. The van der Waals surface area contributed by atoms with Crippen molar-refractivity contribution >= 4 is 27.6 Å². The van der Waals surface area contributed by atoms with Crippen LogP contribution in [0.25, 0.3) is 11.1 Å². The fourth-order valence-electron chi connectivity index (χ4n) is 3.46. The van der Waals surface area contributed by atoms with E-state index in [-0.39, 0.29) is 5.69 Å². The van der Waals surface area contributed by atoms with Gasteiger partial charge in [-0.3, -0.25) is 10.1 Å². The highest BCUT2D eigenvalue weighted by Gasteiger charge is 2.26. The summed E-state index contributed by atoms with van der Waals surface area (Å²) in [6, 6.07) is 12.3. The maximum Gasteiger partial charge on any atom is 0.355 e. The first kappa shape index (κ1) is 21.6. The largest absolute Gasteiger partial charge is 0.497 e. The molecule has 0 atom stereocenters. The van der Waals surface area contributed by atoms with Crippen LogP contribution in [0.4, 0.5) is 5.69 Å². The zero-order valence-electron chi connectivity index (χ0n) is 17.1. The maximum absolute atomic E-state index is 12.6. The van der Waals surface area contributed by atoms with Gasteiger partial charge in [-0.1, -0.05) is 12.1 Å². The number of nitrogens with zero attached hydrogens (tertiary/aromatic N) is 2. The number of nitro benzene ring substituents is 1. The number of carbonyl (C=O) groups excluding carboxylic acids is 1. The number of non-ortho nitro benzene ring substituents is 1. The average Bonchev–Trinajstić information content (AvgIpc) is 2.97. The molecule has 0 amide bonds. The smallest absolute Gasteiger partial charge is 0.355 e. The molecule has 0 saturated heterocycles. The normalized spacial score (nSPS) is 10.7. The second kappa shape index (κ2) is 8.71. The van der Waals surface area contributed by atoms with Crippen molar-refractivity contribution in [3.63, 3.8) is 0 Å². The van der Waals surface area contributed by atoms with E-state index in [1.165, 1.54) is 19.2 Å². The van der Waals surface area contributed by atoms with Crippen molar-refractivity contribution in [3.05, 3.63) is 79.6 Å². The van der Waals surface area contributed by atoms with Crippen LogP contribution in [0.5, 0.6) is 5.75 Å². The predicted octanol–water partition coefficient (Wildman–Crippen LogP) is 5.29. The van der Waals surface area contributed by atoms with Gasteiger partial charge in [0.1, 0.15) is 11.4 Å². The molecule has 0 aliphatic rings. The van der Waals surface area contributed by atoms with Crippen LogP contribution >= 0.6 is 15.9 Å². The summed E-state index contributed by atoms with van der Waals surface area (Å²) in [6.07, 6.45) is 0. The van der Waals surface area contributed by atoms with E-state index in [4.69, 9.17) is 9.47 Å². The SMILES string of the molecule is COC(=O)c1c(Br)c(-c2ccc([N+](=O)[O-])cc2C)c(C)n1Cc1ccc(OC)cc1. The molecule has 0 spiro atoms. The summed E-state index contributed by atoms with van der Waals surface area (Å²) in [7, 11) is 2.95. The molecule has 0 fully saturated rings. The van der Waals surface area contributed by atoms with Gasteiger partial charge >= 0.3 is 5.97 Å². The number of nitro groups is 1. The fraction of sp³-hybridized carbons (Fsp3) is 0.227. The number of halogens is 1. The lowest BCUT2D eigenvalue weighted by Crippen LogP contribution is -2.13. The minimum atomic E-state index is -0.468. The molecule has 2 aromatic carbocycles. The molecule has 0 aliphatic carbocycles. The predicted molar refractivity (Wildman–Crippen MR) is 117 cm³/mol. The van der Waals surface area contributed by atoms with Crippen molar-refractivity contribution in [1.82, 2.24) is 4.57 Å². The van der Waals surface area contributed by atoms with Crippen LogP contribution in [0.15, 0.2) is 46.9 Å². The molecule has 0 unspecified atom stereocenters. The molecule has 3 aromatic rings. The Bertz CT molecular complexity index is 1120. The number of methoxy groups -OCH3 is 2. The van der Waals surface area contributed by atoms with Crippen molar-refractivity contribution in [2.75, 3.05) is 14.2 Å². The van der Waals surface area contributed by atoms with Crippen LogP contribution in [0, 0.1) is 24.0 Å². The quantitative estimate of drug-likeness (QED) is 0.276. The van der Waals surface area contributed by atoms with Gasteiger partial charge < -0.3 is 14.0 Å². The number of aromatic nitrogens is 1. The minimum Gasteiger partial charge on any atom is -0.497 e. The summed E-state index contributed by atoms with van der Waals surface area (Å²) in [6.45, 7) is 4.18. The molecule has 0 saturated carbocycles. The molecule has 0 N–H and O–H groups in total. The van der Waals surface area contributed by atoms with E-state index >= 15 is 0 Å². The molecule has 3 rings (SSSR count). The lowest BCUT2D eigenvalue weighted by Gasteiger charge is -2.12. The number of rotatable bonds is 6. The molecule has 0 aliphatic heterocycles. The molecule has 0 bridgehead atoms. The third-order valence-electron chi connectivity index (χ3n) is 5.03. The lowest BCUT2D eigenvalue weighted by molar-refractivity contribution is -0.384. The second-order valence-electron chi connectivity index (χ2n) is 6.81. The maximum atomic E-state index is 12.6. The standard InChI is InChI=1S/C22H21BrN2O5/c1-13-11-16(25(27)28)7-10-18(13)19-14(2)24(21(20(19)23)22(26)30-4)12-15-5-8-17(29-3)9-6-15/h5-11H,12H2,1-4H3. The van der Waals surface area contributed by atoms with Gasteiger partial charge in [0.2, 0.25) is 0 Å². The highest BCUT2D eigenvalue weighted by Crippen LogP contribution is 2.39. The number of hydrogen-bond donors (Lipinski definition) is 0. The molecule has 1 heterocycles. The number of ether oxygens (including phenoxy) is 2. The zero-order valence-corrected chi connectivity index (χ0v) is 18.6. The van der Waals surface area contributed by atoms with Crippen LogP contribution in [-0.4, -0.2) is 29.7 Å². The van der Waals surface area contributed by atoms with E-state index < -0.39 is 10.9 Å². The highest BCUT2D eigenvalue weighted by molar-refractivity contribution is 9.10.